The number of rotatable bonds is 5. The molecule has 1 fully saturated rings. The number of aryl methyl sites for hydroxylation is 1. The van der Waals surface area contributed by atoms with Crippen LogP contribution in [0, 0.1) is 0 Å². The quantitative estimate of drug-likeness (QED) is 0.833. The summed E-state index contributed by atoms with van der Waals surface area (Å²) in [5.41, 5.74) is 1.23. The second kappa shape index (κ2) is 7.17. The topological polar surface area (TPSA) is 41.1 Å². The molecular weight excluding hydrogens is 224 g/mol. The molecule has 1 aliphatic heterocycles. The third kappa shape index (κ3) is 4.49. The van der Waals surface area contributed by atoms with E-state index in [1.54, 1.807) is 0 Å². The van der Waals surface area contributed by atoms with Crippen molar-refractivity contribution in [2.75, 3.05) is 13.1 Å². The smallest absolute Gasteiger partial charge is 0.220 e. The Hall–Kier alpha value is -1.35. The van der Waals surface area contributed by atoms with E-state index < -0.39 is 0 Å². The zero-order valence-electron chi connectivity index (χ0n) is 10.8. The molecule has 3 heteroatoms. The van der Waals surface area contributed by atoms with Crippen molar-refractivity contribution in [2.24, 2.45) is 0 Å². The summed E-state index contributed by atoms with van der Waals surface area (Å²) >= 11 is 0. The number of carbonyl (C=O) groups excluding carboxylic acids is 1. The molecule has 2 rings (SSSR count). The number of nitrogens with one attached hydrogen (secondary N) is 2. The molecule has 1 unspecified atom stereocenters. The van der Waals surface area contributed by atoms with Gasteiger partial charge in [-0.05, 0) is 31.4 Å². The van der Waals surface area contributed by atoms with E-state index in [1.807, 2.05) is 18.2 Å². The monoisotopic (exact) mass is 246 g/mol. The molecule has 1 aromatic carbocycles. The largest absolute Gasteiger partial charge is 0.355 e. The minimum absolute atomic E-state index is 0.159. The van der Waals surface area contributed by atoms with Crippen molar-refractivity contribution in [3.63, 3.8) is 0 Å². The van der Waals surface area contributed by atoms with E-state index in [1.165, 1.54) is 24.8 Å². The van der Waals surface area contributed by atoms with Gasteiger partial charge in [-0.2, -0.15) is 0 Å². The third-order valence-electron chi connectivity index (χ3n) is 3.44. The van der Waals surface area contributed by atoms with Crippen LogP contribution in [0.3, 0.4) is 0 Å². The second-order valence-corrected chi connectivity index (χ2v) is 4.94. The Balaban J connectivity index is 1.63. The van der Waals surface area contributed by atoms with E-state index in [2.05, 4.69) is 22.8 Å². The highest BCUT2D eigenvalue weighted by Crippen LogP contribution is 2.06. The van der Waals surface area contributed by atoms with Gasteiger partial charge < -0.3 is 10.6 Å². The lowest BCUT2D eigenvalue weighted by Crippen LogP contribution is -2.43. The van der Waals surface area contributed by atoms with Crippen LogP contribution >= 0.6 is 0 Å². The van der Waals surface area contributed by atoms with Crippen LogP contribution in [0.2, 0.25) is 0 Å². The molecule has 1 aliphatic rings. The molecule has 0 aliphatic carbocycles. The Morgan fingerprint density at radius 3 is 2.83 bits per heavy atom. The Kier molecular flexibility index (Phi) is 5.21. The van der Waals surface area contributed by atoms with Crippen LogP contribution < -0.4 is 10.6 Å². The number of piperidine rings is 1. The summed E-state index contributed by atoms with van der Waals surface area (Å²) in [5, 5.41) is 6.45. The Morgan fingerprint density at radius 2 is 2.11 bits per heavy atom. The molecule has 0 aromatic heterocycles. The van der Waals surface area contributed by atoms with Gasteiger partial charge in [0.25, 0.3) is 0 Å². The summed E-state index contributed by atoms with van der Waals surface area (Å²) in [7, 11) is 0. The van der Waals surface area contributed by atoms with Gasteiger partial charge in [-0.1, -0.05) is 36.8 Å². The molecule has 0 saturated carbocycles. The zero-order chi connectivity index (χ0) is 12.6. The van der Waals surface area contributed by atoms with Crippen LogP contribution in [-0.2, 0) is 11.2 Å². The van der Waals surface area contributed by atoms with Gasteiger partial charge in [-0.3, -0.25) is 4.79 Å². The van der Waals surface area contributed by atoms with Gasteiger partial charge in [0.2, 0.25) is 5.91 Å². The number of carbonyl (C=O) groups is 1. The lowest BCUT2D eigenvalue weighted by molar-refractivity contribution is -0.121. The maximum Gasteiger partial charge on any atom is 0.220 e. The van der Waals surface area contributed by atoms with E-state index in [0.717, 1.165) is 19.5 Å². The maximum atomic E-state index is 11.7. The number of amides is 1. The Morgan fingerprint density at radius 1 is 1.28 bits per heavy atom. The standard InChI is InChI=1S/C15H22N2O/c18-15(10-9-13-6-2-1-3-7-13)17-12-14-8-4-5-11-16-14/h1-3,6-7,14,16H,4-5,8-12H2,(H,17,18). The molecule has 0 bridgehead atoms. The van der Waals surface area contributed by atoms with E-state index in [-0.39, 0.29) is 5.91 Å². The Bertz CT molecular complexity index is 358. The molecule has 1 heterocycles. The molecule has 1 aromatic rings. The van der Waals surface area contributed by atoms with Gasteiger partial charge in [-0.25, -0.2) is 0 Å². The van der Waals surface area contributed by atoms with Gasteiger partial charge in [0.05, 0.1) is 0 Å². The molecule has 2 N–H and O–H groups in total. The van der Waals surface area contributed by atoms with E-state index in [9.17, 15) is 4.79 Å². The first-order chi connectivity index (χ1) is 8.84. The van der Waals surface area contributed by atoms with Crippen molar-refractivity contribution in [3.05, 3.63) is 35.9 Å². The van der Waals surface area contributed by atoms with Gasteiger partial charge in [0.15, 0.2) is 0 Å². The fraction of sp³-hybridized carbons (Fsp3) is 0.533. The summed E-state index contributed by atoms with van der Waals surface area (Å²) in [6.45, 7) is 1.86. The summed E-state index contributed by atoms with van der Waals surface area (Å²) in [6, 6.07) is 10.6. The average molecular weight is 246 g/mol. The highest BCUT2D eigenvalue weighted by molar-refractivity contribution is 5.76. The van der Waals surface area contributed by atoms with Crippen molar-refractivity contribution in [1.82, 2.24) is 10.6 Å². The van der Waals surface area contributed by atoms with Crippen molar-refractivity contribution in [3.8, 4) is 0 Å². The minimum Gasteiger partial charge on any atom is -0.355 e. The minimum atomic E-state index is 0.159. The molecule has 1 saturated heterocycles. The van der Waals surface area contributed by atoms with Gasteiger partial charge in [-0.15, -0.1) is 0 Å². The normalized spacial score (nSPS) is 19.4. The zero-order valence-corrected chi connectivity index (χ0v) is 10.8. The van der Waals surface area contributed by atoms with Crippen LogP contribution in [0.15, 0.2) is 30.3 Å². The van der Waals surface area contributed by atoms with Crippen LogP contribution in [0.25, 0.3) is 0 Å². The number of hydrogen-bond donors (Lipinski definition) is 2. The molecule has 1 amide bonds. The highest BCUT2D eigenvalue weighted by atomic mass is 16.1. The van der Waals surface area contributed by atoms with Crippen molar-refractivity contribution >= 4 is 5.91 Å². The van der Waals surface area contributed by atoms with Crippen LogP contribution in [-0.4, -0.2) is 25.0 Å². The Labute approximate surface area is 109 Å². The number of hydrogen-bond acceptors (Lipinski definition) is 2. The average Bonchev–Trinajstić information content (AvgIpc) is 2.45. The first-order valence-electron chi connectivity index (χ1n) is 6.88. The molecule has 0 radical (unpaired) electrons. The first-order valence-corrected chi connectivity index (χ1v) is 6.88. The lowest BCUT2D eigenvalue weighted by Gasteiger charge is -2.23. The summed E-state index contributed by atoms with van der Waals surface area (Å²) in [4.78, 5) is 11.7. The molecule has 18 heavy (non-hydrogen) atoms. The summed E-state index contributed by atoms with van der Waals surface area (Å²) in [6.07, 6.45) is 5.12. The van der Waals surface area contributed by atoms with Crippen LogP contribution in [0.4, 0.5) is 0 Å². The van der Waals surface area contributed by atoms with Gasteiger partial charge >= 0.3 is 0 Å². The van der Waals surface area contributed by atoms with E-state index >= 15 is 0 Å². The van der Waals surface area contributed by atoms with Crippen molar-refractivity contribution < 1.29 is 4.79 Å². The van der Waals surface area contributed by atoms with Gasteiger partial charge in [0, 0.05) is 19.0 Å². The lowest BCUT2D eigenvalue weighted by atomic mass is 10.0. The van der Waals surface area contributed by atoms with Crippen molar-refractivity contribution in [1.29, 1.82) is 0 Å². The molecular formula is C15H22N2O. The van der Waals surface area contributed by atoms with Gasteiger partial charge in [0.1, 0.15) is 0 Å². The highest BCUT2D eigenvalue weighted by Gasteiger charge is 2.13. The molecule has 1 atom stereocenters. The summed E-state index contributed by atoms with van der Waals surface area (Å²) in [5.74, 6) is 0.159. The fourth-order valence-electron chi connectivity index (χ4n) is 2.33. The van der Waals surface area contributed by atoms with Crippen LogP contribution in [0.1, 0.15) is 31.2 Å². The predicted octanol–water partition coefficient (Wildman–Crippen LogP) is 1.88. The number of benzene rings is 1. The van der Waals surface area contributed by atoms with E-state index in [4.69, 9.17) is 0 Å². The fourth-order valence-corrected chi connectivity index (χ4v) is 2.33. The second-order valence-electron chi connectivity index (χ2n) is 4.94. The SMILES string of the molecule is O=C(CCc1ccccc1)NCC1CCCCN1. The van der Waals surface area contributed by atoms with Crippen LogP contribution in [0.5, 0.6) is 0 Å². The van der Waals surface area contributed by atoms with Crippen molar-refractivity contribution in [2.45, 2.75) is 38.1 Å². The summed E-state index contributed by atoms with van der Waals surface area (Å²) < 4.78 is 0. The molecule has 3 nitrogen and oxygen atoms in total. The predicted molar refractivity (Wildman–Crippen MR) is 73.4 cm³/mol. The first kappa shape index (κ1) is 13.1. The van der Waals surface area contributed by atoms with E-state index in [0.29, 0.717) is 12.5 Å². The molecule has 98 valence electrons. The molecule has 0 spiro atoms. The third-order valence-corrected chi connectivity index (χ3v) is 3.44. The maximum absolute atomic E-state index is 11.7.